The van der Waals surface area contributed by atoms with Gasteiger partial charge in [-0.05, 0) is 57.1 Å². The molecule has 1 aromatic carbocycles. The molecule has 3 atom stereocenters. The van der Waals surface area contributed by atoms with E-state index >= 15 is 0 Å². The van der Waals surface area contributed by atoms with Crippen LogP contribution < -0.4 is 5.32 Å². The minimum absolute atomic E-state index is 0.662. The van der Waals surface area contributed by atoms with Crippen LogP contribution in [0.15, 0.2) is 22.7 Å². The van der Waals surface area contributed by atoms with Gasteiger partial charge in [-0.1, -0.05) is 15.9 Å². The van der Waals surface area contributed by atoms with Crippen molar-refractivity contribution >= 4 is 21.6 Å². The van der Waals surface area contributed by atoms with Crippen LogP contribution in [0.5, 0.6) is 0 Å². The maximum atomic E-state index is 3.68. The summed E-state index contributed by atoms with van der Waals surface area (Å²) in [4.78, 5) is 2.38. The average molecular weight is 295 g/mol. The molecule has 0 unspecified atom stereocenters. The third kappa shape index (κ3) is 2.00. The molecule has 1 N–H and O–H groups in total. The lowest BCUT2D eigenvalue weighted by Crippen LogP contribution is -2.38. The number of halogens is 1. The molecular weight excluding hydrogens is 276 g/mol. The zero-order chi connectivity index (χ0) is 12.0. The molecule has 0 aromatic heterocycles. The molecule has 0 bridgehead atoms. The molecule has 3 heteroatoms. The Bertz CT molecular complexity index is 430. The second-order valence-electron chi connectivity index (χ2n) is 5.52. The normalized spacial score (nSPS) is 30.9. The molecule has 1 fully saturated rings. The van der Waals surface area contributed by atoms with E-state index in [1.807, 2.05) is 0 Å². The maximum absolute atomic E-state index is 3.68. The highest BCUT2D eigenvalue weighted by Gasteiger charge is 2.37. The SMILES string of the molecule is CN(C)[C@@H]1CC[C@H]2Nc3ccc(Br)cc3[C@@H]2C1. The van der Waals surface area contributed by atoms with Gasteiger partial charge in [0.15, 0.2) is 0 Å². The number of anilines is 1. The van der Waals surface area contributed by atoms with Crippen molar-refractivity contribution in [1.82, 2.24) is 4.90 Å². The van der Waals surface area contributed by atoms with E-state index in [9.17, 15) is 0 Å². The predicted molar refractivity (Wildman–Crippen MR) is 75.6 cm³/mol. The van der Waals surface area contributed by atoms with Crippen LogP contribution in [-0.2, 0) is 0 Å². The van der Waals surface area contributed by atoms with Crippen molar-refractivity contribution in [2.24, 2.45) is 0 Å². The Hall–Kier alpha value is -0.540. The van der Waals surface area contributed by atoms with Gasteiger partial charge in [0.05, 0.1) is 0 Å². The van der Waals surface area contributed by atoms with E-state index in [-0.39, 0.29) is 0 Å². The van der Waals surface area contributed by atoms with E-state index in [4.69, 9.17) is 0 Å². The molecule has 92 valence electrons. The highest BCUT2D eigenvalue weighted by Crippen LogP contribution is 2.45. The van der Waals surface area contributed by atoms with Crippen LogP contribution in [0.25, 0.3) is 0 Å². The number of hydrogen-bond donors (Lipinski definition) is 1. The number of benzene rings is 1. The van der Waals surface area contributed by atoms with E-state index in [1.165, 1.54) is 35.0 Å². The first-order valence-corrected chi connectivity index (χ1v) is 7.17. The summed E-state index contributed by atoms with van der Waals surface area (Å²) in [6.45, 7) is 0. The Kier molecular flexibility index (Phi) is 2.91. The lowest BCUT2D eigenvalue weighted by atomic mass is 9.79. The van der Waals surface area contributed by atoms with Crippen molar-refractivity contribution in [3.63, 3.8) is 0 Å². The molecule has 0 radical (unpaired) electrons. The van der Waals surface area contributed by atoms with Crippen LogP contribution in [0.3, 0.4) is 0 Å². The summed E-state index contributed by atoms with van der Waals surface area (Å²) < 4.78 is 1.20. The Morgan fingerprint density at radius 3 is 2.88 bits per heavy atom. The van der Waals surface area contributed by atoms with Crippen LogP contribution in [0.4, 0.5) is 5.69 Å². The maximum Gasteiger partial charge on any atom is 0.0379 e. The Labute approximate surface area is 112 Å². The summed E-state index contributed by atoms with van der Waals surface area (Å²) in [6, 6.07) is 8.04. The predicted octanol–water partition coefficient (Wildman–Crippen LogP) is 3.44. The van der Waals surface area contributed by atoms with Crippen molar-refractivity contribution in [3.8, 4) is 0 Å². The first-order valence-electron chi connectivity index (χ1n) is 6.37. The van der Waals surface area contributed by atoms with Crippen molar-refractivity contribution in [3.05, 3.63) is 28.2 Å². The zero-order valence-electron chi connectivity index (χ0n) is 10.4. The molecule has 17 heavy (non-hydrogen) atoms. The molecule has 1 aliphatic carbocycles. The molecule has 1 aromatic rings. The van der Waals surface area contributed by atoms with Gasteiger partial charge < -0.3 is 10.2 Å². The van der Waals surface area contributed by atoms with E-state index in [2.05, 4.69) is 58.4 Å². The van der Waals surface area contributed by atoms with Crippen molar-refractivity contribution in [1.29, 1.82) is 0 Å². The fourth-order valence-electron chi connectivity index (χ4n) is 3.31. The lowest BCUT2D eigenvalue weighted by molar-refractivity contribution is 0.208. The van der Waals surface area contributed by atoms with E-state index in [0.29, 0.717) is 12.0 Å². The van der Waals surface area contributed by atoms with Crippen LogP contribution in [0, 0.1) is 0 Å². The second-order valence-corrected chi connectivity index (χ2v) is 6.44. The summed E-state index contributed by atoms with van der Waals surface area (Å²) in [5.74, 6) is 0.698. The standard InChI is InChI=1S/C14H19BrN2/c1-17(2)10-4-6-14-12(8-10)11-7-9(15)3-5-13(11)16-14/h3,5,7,10,12,14,16H,4,6,8H2,1-2H3/t10-,12+,14-/m1/s1. The van der Waals surface area contributed by atoms with Crippen molar-refractivity contribution in [2.75, 3.05) is 19.4 Å². The van der Waals surface area contributed by atoms with Gasteiger partial charge in [0.25, 0.3) is 0 Å². The van der Waals surface area contributed by atoms with Gasteiger partial charge in [0, 0.05) is 28.2 Å². The summed E-state index contributed by atoms with van der Waals surface area (Å²) in [7, 11) is 4.41. The summed E-state index contributed by atoms with van der Waals surface area (Å²) >= 11 is 3.59. The summed E-state index contributed by atoms with van der Waals surface area (Å²) in [6.07, 6.45) is 3.89. The number of nitrogens with zero attached hydrogens (tertiary/aromatic N) is 1. The lowest BCUT2D eigenvalue weighted by Gasteiger charge is -2.35. The Morgan fingerprint density at radius 2 is 2.12 bits per heavy atom. The van der Waals surface area contributed by atoms with E-state index < -0.39 is 0 Å². The summed E-state index contributed by atoms with van der Waals surface area (Å²) in [5.41, 5.74) is 2.86. The molecule has 2 nitrogen and oxygen atoms in total. The van der Waals surface area contributed by atoms with E-state index in [1.54, 1.807) is 0 Å². The largest absolute Gasteiger partial charge is 0.381 e. The molecule has 1 aliphatic heterocycles. The monoisotopic (exact) mass is 294 g/mol. The van der Waals surface area contributed by atoms with E-state index in [0.717, 1.165) is 6.04 Å². The molecule has 0 spiro atoms. The summed E-state index contributed by atoms with van der Waals surface area (Å²) in [5, 5.41) is 3.68. The van der Waals surface area contributed by atoms with Crippen molar-refractivity contribution < 1.29 is 0 Å². The highest BCUT2D eigenvalue weighted by molar-refractivity contribution is 9.10. The number of rotatable bonds is 1. The quantitative estimate of drug-likeness (QED) is 0.854. The number of hydrogen-bond acceptors (Lipinski definition) is 2. The van der Waals surface area contributed by atoms with Crippen LogP contribution >= 0.6 is 15.9 Å². The zero-order valence-corrected chi connectivity index (χ0v) is 12.0. The van der Waals surface area contributed by atoms with Gasteiger partial charge >= 0.3 is 0 Å². The van der Waals surface area contributed by atoms with Gasteiger partial charge in [-0.15, -0.1) is 0 Å². The van der Waals surface area contributed by atoms with Crippen LogP contribution in [-0.4, -0.2) is 31.1 Å². The number of nitrogens with one attached hydrogen (secondary N) is 1. The highest BCUT2D eigenvalue weighted by atomic mass is 79.9. The van der Waals surface area contributed by atoms with Crippen molar-refractivity contribution in [2.45, 2.75) is 37.3 Å². The Balaban J connectivity index is 1.89. The fourth-order valence-corrected chi connectivity index (χ4v) is 3.68. The molecule has 0 amide bonds. The smallest absolute Gasteiger partial charge is 0.0379 e. The molecule has 2 aliphatic rings. The van der Waals surface area contributed by atoms with Gasteiger partial charge in [-0.2, -0.15) is 0 Å². The minimum atomic E-state index is 0.662. The minimum Gasteiger partial charge on any atom is -0.381 e. The third-order valence-electron chi connectivity index (χ3n) is 4.31. The first-order chi connectivity index (χ1) is 8.15. The fraction of sp³-hybridized carbons (Fsp3) is 0.571. The average Bonchev–Trinajstić information content (AvgIpc) is 2.66. The molecule has 1 heterocycles. The second kappa shape index (κ2) is 4.29. The molecule has 3 rings (SSSR count). The number of fused-ring (bicyclic) bond motifs is 3. The molecule has 0 saturated heterocycles. The van der Waals surface area contributed by atoms with Gasteiger partial charge in [-0.25, -0.2) is 0 Å². The van der Waals surface area contributed by atoms with Crippen LogP contribution in [0.1, 0.15) is 30.7 Å². The Morgan fingerprint density at radius 1 is 1.29 bits per heavy atom. The first kappa shape index (κ1) is 11.5. The van der Waals surface area contributed by atoms with Gasteiger partial charge in [-0.3, -0.25) is 0 Å². The van der Waals surface area contributed by atoms with Gasteiger partial charge in [0.1, 0.15) is 0 Å². The van der Waals surface area contributed by atoms with Gasteiger partial charge in [0.2, 0.25) is 0 Å². The molecule has 1 saturated carbocycles. The third-order valence-corrected chi connectivity index (χ3v) is 4.80. The topological polar surface area (TPSA) is 15.3 Å². The molecular formula is C14H19BrN2. The van der Waals surface area contributed by atoms with Crippen LogP contribution in [0.2, 0.25) is 0 Å².